The van der Waals surface area contributed by atoms with Crippen LogP contribution < -0.4 is 10.5 Å². The highest BCUT2D eigenvalue weighted by Gasteiger charge is 2.24. The standard InChI is InChI=1S/C10H12ClNO/c11-9-2-1-3-10(8(9)6-12)13-7-4-5-7/h1-3,7H,4-6,12H2. The first-order valence-electron chi connectivity index (χ1n) is 4.45. The zero-order valence-electron chi connectivity index (χ0n) is 7.29. The first kappa shape index (κ1) is 8.85. The van der Waals surface area contributed by atoms with E-state index in [9.17, 15) is 0 Å². The molecule has 2 nitrogen and oxygen atoms in total. The van der Waals surface area contributed by atoms with Crippen molar-refractivity contribution in [1.82, 2.24) is 0 Å². The average Bonchev–Trinajstić information content (AvgIpc) is 2.89. The molecular weight excluding hydrogens is 186 g/mol. The van der Waals surface area contributed by atoms with Crippen LogP contribution in [0.15, 0.2) is 18.2 Å². The molecular formula is C10H12ClNO. The van der Waals surface area contributed by atoms with Crippen LogP contribution in [0.1, 0.15) is 18.4 Å². The van der Waals surface area contributed by atoms with E-state index in [-0.39, 0.29) is 0 Å². The molecule has 0 unspecified atom stereocenters. The summed E-state index contributed by atoms with van der Waals surface area (Å²) in [6.45, 7) is 0.432. The Kier molecular flexibility index (Phi) is 2.42. The van der Waals surface area contributed by atoms with Gasteiger partial charge in [-0.25, -0.2) is 0 Å². The van der Waals surface area contributed by atoms with E-state index in [1.54, 1.807) is 0 Å². The molecule has 0 heterocycles. The second-order valence-corrected chi connectivity index (χ2v) is 3.65. The summed E-state index contributed by atoms with van der Waals surface area (Å²) < 4.78 is 5.66. The van der Waals surface area contributed by atoms with E-state index >= 15 is 0 Å². The number of halogens is 1. The van der Waals surface area contributed by atoms with Gasteiger partial charge in [-0.05, 0) is 25.0 Å². The summed E-state index contributed by atoms with van der Waals surface area (Å²) in [5, 5.41) is 0.695. The minimum absolute atomic E-state index is 0.392. The largest absolute Gasteiger partial charge is 0.490 e. The van der Waals surface area contributed by atoms with Gasteiger partial charge in [0, 0.05) is 17.1 Å². The highest BCUT2D eigenvalue weighted by molar-refractivity contribution is 6.31. The maximum atomic E-state index is 5.97. The Hall–Kier alpha value is -0.730. The van der Waals surface area contributed by atoms with E-state index in [1.807, 2.05) is 18.2 Å². The monoisotopic (exact) mass is 197 g/mol. The zero-order chi connectivity index (χ0) is 9.26. The van der Waals surface area contributed by atoms with Gasteiger partial charge in [0.05, 0.1) is 6.10 Å². The lowest BCUT2D eigenvalue weighted by Crippen LogP contribution is -2.04. The molecule has 70 valence electrons. The number of hydrogen-bond acceptors (Lipinski definition) is 2. The molecule has 0 radical (unpaired) electrons. The van der Waals surface area contributed by atoms with Crippen LogP contribution >= 0.6 is 11.6 Å². The van der Waals surface area contributed by atoms with Crippen molar-refractivity contribution in [2.75, 3.05) is 0 Å². The number of rotatable bonds is 3. The van der Waals surface area contributed by atoms with Gasteiger partial charge in [0.1, 0.15) is 5.75 Å². The van der Waals surface area contributed by atoms with Crippen LogP contribution in [-0.4, -0.2) is 6.10 Å². The first-order valence-corrected chi connectivity index (χ1v) is 4.83. The van der Waals surface area contributed by atoms with Crippen LogP contribution in [0.4, 0.5) is 0 Å². The molecule has 1 aliphatic carbocycles. The second kappa shape index (κ2) is 3.56. The van der Waals surface area contributed by atoms with Crippen LogP contribution in [-0.2, 0) is 6.54 Å². The maximum Gasteiger partial charge on any atom is 0.125 e. The number of hydrogen-bond donors (Lipinski definition) is 1. The first-order chi connectivity index (χ1) is 6.31. The van der Waals surface area contributed by atoms with Gasteiger partial charge < -0.3 is 10.5 Å². The Bertz CT molecular complexity index is 310. The Balaban J connectivity index is 2.25. The molecule has 2 N–H and O–H groups in total. The molecule has 1 aromatic rings. The minimum atomic E-state index is 0.392. The summed E-state index contributed by atoms with van der Waals surface area (Å²) in [6, 6.07) is 5.65. The van der Waals surface area contributed by atoms with Crippen LogP contribution in [0.5, 0.6) is 5.75 Å². The maximum absolute atomic E-state index is 5.97. The summed E-state index contributed by atoms with van der Waals surface area (Å²) in [6.07, 6.45) is 2.69. The van der Waals surface area contributed by atoms with Gasteiger partial charge in [0.15, 0.2) is 0 Å². The summed E-state index contributed by atoms with van der Waals surface area (Å²) in [4.78, 5) is 0. The molecule has 0 saturated heterocycles. The molecule has 13 heavy (non-hydrogen) atoms. The smallest absolute Gasteiger partial charge is 0.125 e. The van der Waals surface area contributed by atoms with Crippen LogP contribution in [0.25, 0.3) is 0 Å². The fourth-order valence-electron chi connectivity index (χ4n) is 1.21. The molecule has 1 saturated carbocycles. The average molecular weight is 198 g/mol. The molecule has 0 aromatic heterocycles. The molecule has 3 heteroatoms. The fraction of sp³-hybridized carbons (Fsp3) is 0.400. The van der Waals surface area contributed by atoms with Crippen LogP contribution in [0.3, 0.4) is 0 Å². The topological polar surface area (TPSA) is 35.2 Å². The molecule has 0 amide bonds. The van der Waals surface area contributed by atoms with Crippen LogP contribution in [0, 0.1) is 0 Å². The van der Waals surface area contributed by atoms with E-state index < -0.39 is 0 Å². The van der Waals surface area contributed by atoms with E-state index in [1.165, 1.54) is 0 Å². The predicted octanol–water partition coefficient (Wildman–Crippen LogP) is 2.34. The molecule has 0 bridgehead atoms. The highest BCUT2D eigenvalue weighted by Crippen LogP contribution is 2.31. The van der Waals surface area contributed by atoms with Crippen molar-refractivity contribution in [1.29, 1.82) is 0 Å². The second-order valence-electron chi connectivity index (χ2n) is 3.24. The third-order valence-electron chi connectivity index (χ3n) is 2.10. The number of benzene rings is 1. The van der Waals surface area contributed by atoms with E-state index in [2.05, 4.69) is 0 Å². The molecule has 0 aliphatic heterocycles. The van der Waals surface area contributed by atoms with Crippen LogP contribution in [0.2, 0.25) is 5.02 Å². The SMILES string of the molecule is NCc1c(Cl)cccc1OC1CC1. The Labute approximate surface area is 82.6 Å². The van der Waals surface area contributed by atoms with Gasteiger partial charge in [0.25, 0.3) is 0 Å². The van der Waals surface area contributed by atoms with Crippen molar-refractivity contribution < 1.29 is 4.74 Å². The van der Waals surface area contributed by atoms with Gasteiger partial charge in [-0.15, -0.1) is 0 Å². The molecule has 0 spiro atoms. The van der Waals surface area contributed by atoms with E-state index in [0.717, 1.165) is 24.2 Å². The highest BCUT2D eigenvalue weighted by atomic mass is 35.5. The van der Waals surface area contributed by atoms with Gasteiger partial charge in [-0.3, -0.25) is 0 Å². The van der Waals surface area contributed by atoms with Crippen molar-refractivity contribution in [3.05, 3.63) is 28.8 Å². The molecule has 1 fully saturated rings. The predicted molar refractivity (Wildman–Crippen MR) is 53.0 cm³/mol. The third kappa shape index (κ3) is 1.95. The van der Waals surface area contributed by atoms with Crippen molar-refractivity contribution in [3.63, 3.8) is 0 Å². The molecule has 1 aliphatic rings. The summed E-state index contributed by atoms with van der Waals surface area (Å²) in [7, 11) is 0. The molecule has 0 atom stereocenters. The Morgan fingerprint density at radius 1 is 1.46 bits per heavy atom. The Morgan fingerprint density at radius 2 is 2.23 bits per heavy atom. The Morgan fingerprint density at radius 3 is 2.85 bits per heavy atom. The molecule has 2 rings (SSSR count). The lowest BCUT2D eigenvalue weighted by atomic mass is 10.2. The third-order valence-corrected chi connectivity index (χ3v) is 2.45. The number of nitrogens with two attached hydrogens (primary N) is 1. The normalized spacial score (nSPS) is 15.8. The minimum Gasteiger partial charge on any atom is -0.490 e. The fourth-order valence-corrected chi connectivity index (χ4v) is 1.46. The quantitative estimate of drug-likeness (QED) is 0.808. The van der Waals surface area contributed by atoms with Gasteiger partial charge >= 0.3 is 0 Å². The van der Waals surface area contributed by atoms with Crippen molar-refractivity contribution in [3.8, 4) is 5.75 Å². The summed E-state index contributed by atoms with van der Waals surface area (Å²) >= 11 is 5.97. The van der Waals surface area contributed by atoms with Gasteiger partial charge in [-0.1, -0.05) is 17.7 Å². The molecule has 1 aromatic carbocycles. The van der Waals surface area contributed by atoms with Gasteiger partial charge in [-0.2, -0.15) is 0 Å². The summed E-state index contributed by atoms with van der Waals surface area (Å²) in [5.74, 6) is 0.845. The number of ether oxygens (including phenoxy) is 1. The lowest BCUT2D eigenvalue weighted by molar-refractivity contribution is 0.300. The zero-order valence-corrected chi connectivity index (χ0v) is 8.05. The summed E-state index contributed by atoms with van der Waals surface area (Å²) in [5.41, 5.74) is 6.50. The van der Waals surface area contributed by atoms with E-state index in [0.29, 0.717) is 17.7 Å². The lowest BCUT2D eigenvalue weighted by Gasteiger charge is -2.10. The van der Waals surface area contributed by atoms with E-state index in [4.69, 9.17) is 22.1 Å². The van der Waals surface area contributed by atoms with Crippen molar-refractivity contribution in [2.45, 2.75) is 25.5 Å². The van der Waals surface area contributed by atoms with Gasteiger partial charge in [0.2, 0.25) is 0 Å². The van der Waals surface area contributed by atoms with Crippen molar-refractivity contribution >= 4 is 11.6 Å². The van der Waals surface area contributed by atoms with Crippen molar-refractivity contribution in [2.24, 2.45) is 5.73 Å².